The number of hydrogen-bond acceptors (Lipinski definition) is 6. The molecular weight excluding hydrogens is 342 g/mol. The summed E-state index contributed by atoms with van der Waals surface area (Å²) in [5.41, 5.74) is 1.33. The van der Waals surface area contributed by atoms with Crippen molar-refractivity contribution in [1.29, 1.82) is 0 Å². The van der Waals surface area contributed by atoms with Crippen LogP contribution in [-0.4, -0.2) is 29.1 Å². The fourth-order valence-electron chi connectivity index (χ4n) is 3.11. The van der Waals surface area contributed by atoms with E-state index in [1.54, 1.807) is 24.3 Å². The number of nitrogens with zero attached hydrogens (tertiary/aromatic N) is 2. The lowest BCUT2D eigenvalue weighted by atomic mass is 9.98. The fraction of sp³-hybridized carbons (Fsp3) is 0.294. The Hall–Kier alpha value is -1.96. The molecule has 24 heavy (non-hydrogen) atoms. The second kappa shape index (κ2) is 6.51. The van der Waals surface area contributed by atoms with Crippen molar-refractivity contribution in [3.63, 3.8) is 0 Å². The molecule has 0 saturated carbocycles. The highest BCUT2D eigenvalue weighted by Crippen LogP contribution is 2.39. The van der Waals surface area contributed by atoms with Gasteiger partial charge in [-0.15, -0.1) is 22.7 Å². The minimum absolute atomic E-state index is 0.0662. The van der Waals surface area contributed by atoms with Crippen molar-refractivity contribution in [3.8, 4) is 0 Å². The van der Waals surface area contributed by atoms with Gasteiger partial charge in [0.25, 0.3) is 0 Å². The molecule has 7 heteroatoms. The van der Waals surface area contributed by atoms with Crippen LogP contribution in [0.25, 0.3) is 0 Å². The molecule has 0 aliphatic carbocycles. The van der Waals surface area contributed by atoms with Gasteiger partial charge < -0.3 is 9.84 Å². The van der Waals surface area contributed by atoms with Gasteiger partial charge in [-0.1, -0.05) is 11.2 Å². The van der Waals surface area contributed by atoms with Gasteiger partial charge in [0, 0.05) is 22.4 Å². The highest BCUT2D eigenvalue weighted by Gasteiger charge is 2.31. The first-order valence-corrected chi connectivity index (χ1v) is 9.53. The molecule has 5 nitrogen and oxygen atoms in total. The summed E-state index contributed by atoms with van der Waals surface area (Å²) in [6.07, 6.45) is 0.991. The van der Waals surface area contributed by atoms with Gasteiger partial charge in [-0.2, -0.15) is 0 Å². The summed E-state index contributed by atoms with van der Waals surface area (Å²) in [6, 6.07) is 8.28. The van der Waals surface area contributed by atoms with Gasteiger partial charge in [0.2, 0.25) is 5.91 Å². The number of carbonyl (C=O) groups is 1. The molecule has 4 rings (SSSR count). The number of amides is 1. The standard InChI is InChI=1S/C17H17N3O2S2/c1-11-9-15(19-22-11)18-16(21)10-20-6-4-13-12(5-8-24-13)17(20)14-3-2-7-23-14/h2-3,5,7-9,17H,4,6,10H2,1H3,(H,18,19,21). The molecule has 1 amide bonds. The average Bonchev–Trinajstić information content (AvgIpc) is 3.28. The molecule has 0 saturated heterocycles. The Kier molecular flexibility index (Phi) is 4.22. The summed E-state index contributed by atoms with van der Waals surface area (Å²) in [7, 11) is 0. The van der Waals surface area contributed by atoms with Crippen molar-refractivity contribution in [2.75, 3.05) is 18.4 Å². The molecule has 3 aromatic heterocycles. The minimum Gasteiger partial charge on any atom is -0.360 e. The molecule has 3 aromatic rings. The van der Waals surface area contributed by atoms with Crippen LogP contribution in [0.1, 0.15) is 27.1 Å². The zero-order chi connectivity index (χ0) is 16.5. The molecule has 0 aromatic carbocycles. The Morgan fingerprint density at radius 2 is 2.33 bits per heavy atom. The van der Waals surface area contributed by atoms with Gasteiger partial charge in [-0.25, -0.2) is 0 Å². The van der Waals surface area contributed by atoms with Crippen LogP contribution in [0.5, 0.6) is 0 Å². The maximum atomic E-state index is 12.4. The Morgan fingerprint density at radius 1 is 1.42 bits per heavy atom. The van der Waals surface area contributed by atoms with E-state index in [0.717, 1.165) is 13.0 Å². The normalized spacial score (nSPS) is 17.6. The number of aromatic nitrogens is 1. The fourth-order valence-corrected chi connectivity index (χ4v) is 4.89. The van der Waals surface area contributed by atoms with Crippen LogP contribution in [0.15, 0.2) is 39.5 Å². The molecule has 1 aliphatic rings. The van der Waals surface area contributed by atoms with Gasteiger partial charge in [0.1, 0.15) is 5.76 Å². The largest absolute Gasteiger partial charge is 0.360 e. The van der Waals surface area contributed by atoms with E-state index in [9.17, 15) is 4.79 Å². The number of thiophene rings is 2. The van der Waals surface area contributed by atoms with Crippen LogP contribution < -0.4 is 5.32 Å². The van der Waals surface area contributed by atoms with Crippen molar-refractivity contribution >= 4 is 34.4 Å². The summed E-state index contributed by atoms with van der Waals surface area (Å²) in [5, 5.41) is 10.9. The van der Waals surface area contributed by atoms with Crippen LogP contribution in [-0.2, 0) is 11.2 Å². The first kappa shape index (κ1) is 15.6. The predicted octanol–water partition coefficient (Wildman–Crippen LogP) is 3.69. The van der Waals surface area contributed by atoms with Crippen LogP contribution in [0.3, 0.4) is 0 Å². The molecule has 1 N–H and O–H groups in total. The van der Waals surface area contributed by atoms with E-state index in [1.807, 2.05) is 11.3 Å². The van der Waals surface area contributed by atoms with E-state index < -0.39 is 0 Å². The maximum absolute atomic E-state index is 12.4. The van der Waals surface area contributed by atoms with Crippen LogP contribution in [0.2, 0.25) is 0 Å². The monoisotopic (exact) mass is 359 g/mol. The summed E-state index contributed by atoms with van der Waals surface area (Å²) in [4.78, 5) is 17.4. The zero-order valence-electron chi connectivity index (χ0n) is 13.2. The lowest BCUT2D eigenvalue weighted by molar-refractivity contribution is -0.117. The number of rotatable bonds is 4. The van der Waals surface area contributed by atoms with E-state index in [0.29, 0.717) is 18.1 Å². The SMILES string of the molecule is Cc1cc(NC(=O)CN2CCc3sccc3C2c2cccs2)no1. The Balaban J connectivity index is 1.54. The minimum atomic E-state index is -0.0662. The van der Waals surface area contributed by atoms with E-state index >= 15 is 0 Å². The van der Waals surface area contributed by atoms with Gasteiger partial charge in [0.15, 0.2) is 5.82 Å². The third-order valence-electron chi connectivity index (χ3n) is 4.12. The van der Waals surface area contributed by atoms with E-state index in [4.69, 9.17) is 4.52 Å². The highest BCUT2D eigenvalue weighted by atomic mass is 32.1. The molecule has 0 radical (unpaired) electrons. The van der Waals surface area contributed by atoms with Gasteiger partial charge in [-0.05, 0) is 41.8 Å². The molecule has 0 spiro atoms. The quantitative estimate of drug-likeness (QED) is 0.772. The Morgan fingerprint density at radius 3 is 3.08 bits per heavy atom. The molecule has 1 unspecified atom stereocenters. The van der Waals surface area contributed by atoms with Crippen molar-refractivity contribution in [3.05, 3.63) is 56.1 Å². The van der Waals surface area contributed by atoms with E-state index in [2.05, 4.69) is 44.3 Å². The Labute approximate surface area is 147 Å². The lowest BCUT2D eigenvalue weighted by Gasteiger charge is -2.34. The topological polar surface area (TPSA) is 58.4 Å². The summed E-state index contributed by atoms with van der Waals surface area (Å²) >= 11 is 3.55. The van der Waals surface area contributed by atoms with Crippen LogP contribution in [0, 0.1) is 6.92 Å². The maximum Gasteiger partial charge on any atom is 0.239 e. The number of fused-ring (bicyclic) bond motifs is 1. The van der Waals surface area contributed by atoms with Crippen molar-refractivity contribution in [2.24, 2.45) is 0 Å². The van der Waals surface area contributed by atoms with E-state index in [1.165, 1.54) is 15.3 Å². The second-order valence-electron chi connectivity index (χ2n) is 5.81. The molecular formula is C17H17N3O2S2. The van der Waals surface area contributed by atoms with Crippen LogP contribution in [0.4, 0.5) is 5.82 Å². The summed E-state index contributed by atoms with van der Waals surface area (Å²) < 4.78 is 5.00. The first-order valence-electron chi connectivity index (χ1n) is 7.77. The number of anilines is 1. The third-order valence-corrected chi connectivity index (χ3v) is 6.04. The van der Waals surface area contributed by atoms with Crippen molar-refractivity contribution in [1.82, 2.24) is 10.1 Å². The smallest absolute Gasteiger partial charge is 0.239 e. The molecule has 1 aliphatic heterocycles. The summed E-state index contributed by atoms with van der Waals surface area (Å²) in [5.74, 6) is 1.09. The predicted molar refractivity (Wildman–Crippen MR) is 95.6 cm³/mol. The molecule has 1 atom stereocenters. The number of hydrogen-bond donors (Lipinski definition) is 1. The zero-order valence-corrected chi connectivity index (χ0v) is 14.8. The van der Waals surface area contributed by atoms with Crippen molar-refractivity contribution < 1.29 is 9.32 Å². The number of carbonyl (C=O) groups excluding carboxylic acids is 1. The van der Waals surface area contributed by atoms with Crippen molar-refractivity contribution in [2.45, 2.75) is 19.4 Å². The summed E-state index contributed by atoms with van der Waals surface area (Å²) in [6.45, 7) is 3.02. The molecule has 124 valence electrons. The van der Waals surface area contributed by atoms with E-state index in [-0.39, 0.29) is 11.9 Å². The van der Waals surface area contributed by atoms with Gasteiger partial charge in [-0.3, -0.25) is 9.69 Å². The highest BCUT2D eigenvalue weighted by molar-refractivity contribution is 7.10. The van der Waals surface area contributed by atoms with Crippen LogP contribution >= 0.6 is 22.7 Å². The first-order chi connectivity index (χ1) is 11.7. The molecule has 0 fully saturated rings. The lowest BCUT2D eigenvalue weighted by Crippen LogP contribution is -2.40. The number of aryl methyl sites for hydroxylation is 1. The second-order valence-corrected chi connectivity index (χ2v) is 7.79. The Bertz CT molecular complexity index is 838. The third kappa shape index (κ3) is 3.02. The molecule has 4 heterocycles. The average molecular weight is 359 g/mol. The van der Waals surface area contributed by atoms with Gasteiger partial charge in [0.05, 0.1) is 12.6 Å². The number of nitrogens with one attached hydrogen (secondary N) is 1. The van der Waals surface area contributed by atoms with Gasteiger partial charge >= 0.3 is 0 Å². The molecule has 0 bridgehead atoms.